The summed E-state index contributed by atoms with van der Waals surface area (Å²) in [6, 6.07) is 16.2. The second kappa shape index (κ2) is 10.6. The zero-order valence-electron chi connectivity index (χ0n) is 19.2. The molecule has 5 nitrogen and oxygen atoms in total. The maximum atomic E-state index is 12.8. The molecule has 0 aliphatic carbocycles. The van der Waals surface area contributed by atoms with Gasteiger partial charge in [0.15, 0.2) is 0 Å². The Morgan fingerprint density at radius 2 is 1.80 bits per heavy atom. The molecule has 4 rings (SSSR count). The second-order valence-corrected chi connectivity index (χ2v) is 10.2. The molecular weight excluding hydrogens is 475 g/mol. The summed E-state index contributed by atoms with van der Waals surface area (Å²) < 4.78 is 50.2. The predicted octanol–water partition coefficient (Wildman–Crippen LogP) is 5.40. The standard InChI is InChI=1S/C26H26F3N3O2S/c1-2-35(34)23-10-3-18(4-11-23)15-25(33)31-22-9-12-24(30-16-22)32-14-13-20(17-32)19-5-7-21(8-6-19)26(27,28)29/h3-12,16,20H,2,13-15,17H2,1H3,(H,31,33). The minimum Gasteiger partial charge on any atom is -0.356 e. The van der Waals surface area contributed by atoms with Crippen molar-refractivity contribution in [2.45, 2.75) is 36.8 Å². The molecule has 0 bridgehead atoms. The molecule has 2 heterocycles. The van der Waals surface area contributed by atoms with Crippen molar-refractivity contribution in [1.29, 1.82) is 0 Å². The van der Waals surface area contributed by atoms with E-state index in [9.17, 15) is 22.2 Å². The molecule has 184 valence electrons. The lowest BCUT2D eigenvalue weighted by atomic mass is 9.97. The van der Waals surface area contributed by atoms with E-state index in [1.54, 1.807) is 36.5 Å². The average molecular weight is 502 g/mol. The Balaban J connectivity index is 1.31. The smallest absolute Gasteiger partial charge is 0.356 e. The summed E-state index contributed by atoms with van der Waals surface area (Å²) in [5.74, 6) is 1.28. The van der Waals surface area contributed by atoms with Gasteiger partial charge in [0.05, 0.1) is 34.7 Å². The first kappa shape index (κ1) is 24.9. The number of benzene rings is 2. The van der Waals surface area contributed by atoms with Gasteiger partial charge in [-0.1, -0.05) is 31.2 Å². The highest BCUT2D eigenvalue weighted by molar-refractivity contribution is 7.85. The van der Waals surface area contributed by atoms with Crippen LogP contribution >= 0.6 is 0 Å². The molecule has 35 heavy (non-hydrogen) atoms. The van der Waals surface area contributed by atoms with Gasteiger partial charge in [0.2, 0.25) is 5.91 Å². The lowest BCUT2D eigenvalue weighted by Crippen LogP contribution is -2.20. The van der Waals surface area contributed by atoms with Crippen LogP contribution in [0, 0.1) is 0 Å². The fourth-order valence-electron chi connectivity index (χ4n) is 4.15. The van der Waals surface area contributed by atoms with Crippen molar-refractivity contribution >= 4 is 28.2 Å². The number of hydrogen-bond donors (Lipinski definition) is 1. The first-order valence-corrected chi connectivity index (χ1v) is 12.7. The highest BCUT2D eigenvalue weighted by atomic mass is 32.2. The first-order chi connectivity index (χ1) is 16.7. The van der Waals surface area contributed by atoms with Crippen molar-refractivity contribution in [2.75, 3.05) is 29.1 Å². The highest BCUT2D eigenvalue weighted by Gasteiger charge is 2.31. The van der Waals surface area contributed by atoms with Gasteiger partial charge in [-0.25, -0.2) is 4.98 Å². The molecule has 9 heteroatoms. The summed E-state index contributed by atoms with van der Waals surface area (Å²) in [6.07, 6.45) is -1.70. The lowest BCUT2D eigenvalue weighted by Gasteiger charge is -2.18. The maximum absolute atomic E-state index is 12.8. The largest absolute Gasteiger partial charge is 0.416 e. The first-order valence-electron chi connectivity index (χ1n) is 11.4. The number of amides is 1. The van der Waals surface area contributed by atoms with Crippen LogP contribution in [0.15, 0.2) is 71.8 Å². The molecule has 1 saturated heterocycles. The fraction of sp³-hybridized carbons (Fsp3) is 0.308. The normalized spacial score (nSPS) is 16.8. The van der Waals surface area contributed by atoms with E-state index in [0.717, 1.165) is 46.9 Å². The zero-order valence-corrected chi connectivity index (χ0v) is 20.0. The van der Waals surface area contributed by atoms with E-state index in [4.69, 9.17) is 0 Å². The Bertz CT molecular complexity index is 1180. The summed E-state index contributed by atoms with van der Waals surface area (Å²) >= 11 is 0. The van der Waals surface area contributed by atoms with Gasteiger partial charge in [0.25, 0.3) is 0 Å². The summed E-state index contributed by atoms with van der Waals surface area (Å²) in [5, 5.41) is 2.84. The molecule has 2 unspecified atom stereocenters. The molecule has 1 N–H and O–H groups in total. The highest BCUT2D eigenvalue weighted by Crippen LogP contribution is 2.33. The van der Waals surface area contributed by atoms with Crippen LogP contribution < -0.4 is 10.2 Å². The van der Waals surface area contributed by atoms with E-state index in [-0.39, 0.29) is 18.2 Å². The number of alkyl halides is 3. The van der Waals surface area contributed by atoms with E-state index in [1.807, 2.05) is 25.1 Å². The van der Waals surface area contributed by atoms with Gasteiger partial charge in [0.1, 0.15) is 5.82 Å². The number of halogens is 3. The molecule has 2 aromatic carbocycles. The number of aromatic nitrogens is 1. The van der Waals surface area contributed by atoms with Gasteiger partial charge in [-0.05, 0) is 53.9 Å². The van der Waals surface area contributed by atoms with Crippen LogP contribution in [0.2, 0.25) is 0 Å². The number of rotatable bonds is 7. The Morgan fingerprint density at radius 3 is 2.40 bits per heavy atom. The molecule has 0 saturated carbocycles. The van der Waals surface area contributed by atoms with Gasteiger partial charge in [0, 0.05) is 29.7 Å². The Hall–Kier alpha value is -3.20. The number of carbonyl (C=O) groups is 1. The molecule has 1 fully saturated rings. The molecule has 1 aliphatic rings. The van der Waals surface area contributed by atoms with Gasteiger partial charge >= 0.3 is 6.18 Å². The molecule has 0 spiro atoms. The minimum absolute atomic E-state index is 0.139. The quantitative estimate of drug-likeness (QED) is 0.471. The minimum atomic E-state index is -4.33. The third-order valence-electron chi connectivity index (χ3n) is 6.07. The predicted molar refractivity (Wildman–Crippen MR) is 131 cm³/mol. The number of nitrogens with zero attached hydrogens (tertiary/aromatic N) is 2. The second-order valence-electron chi connectivity index (χ2n) is 8.46. The van der Waals surface area contributed by atoms with E-state index in [0.29, 0.717) is 18.0 Å². The summed E-state index contributed by atoms with van der Waals surface area (Å²) in [6.45, 7) is 3.28. The van der Waals surface area contributed by atoms with Crippen LogP contribution in [0.4, 0.5) is 24.7 Å². The van der Waals surface area contributed by atoms with Crippen molar-refractivity contribution in [1.82, 2.24) is 4.98 Å². The Kier molecular flexibility index (Phi) is 7.54. The lowest BCUT2D eigenvalue weighted by molar-refractivity contribution is -0.137. The van der Waals surface area contributed by atoms with Crippen LogP contribution in [-0.2, 0) is 28.2 Å². The molecule has 2 atom stereocenters. The molecule has 0 radical (unpaired) electrons. The van der Waals surface area contributed by atoms with Crippen molar-refractivity contribution in [2.24, 2.45) is 0 Å². The number of nitrogens with one attached hydrogen (secondary N) is 1. The van der Waals surface area contributed by atoms with Crippen LogP contribution in [0.25, 0.3) is 0 Å². The number of anilines is 2. The summed E-state index contributed by atoms with van der Waals surface area (Å²) in [4.78, 5) is 19.7. The number of carbonyl (C=O) groups excluding carboxylic acids is 1. The summed E-state index contributed by atoms with van der Waals surface area (Å²) in [5.41, 5.74) is 1.66. The van der Waals surface area contributed by atoms with E-state index >= 15 is 0 Å². The SMILES string of the molecule is CCS(=O)c1ccc(CC(=O)Nc2ccc(N3CCC(c4ccc(C(F)(F)F)cc4)C3)nc2)cc1. The number of pyridine rings is 1. The van der Waals surface area contributed by atoms with E-state index in [2.05, 4.69) is 15.2 Å². The van der Waals surface area contributed by atoms with Crippen LogP contribution in [-0.4, -0.2) is 33.9 Å². The molecule has 1 aliphatic heterocycles. The van der Waals surface area contributed by atoms with Crippen molar-refractivity contribution in [3.05, 3.63) is 83.6 Å². The third kappa shape index (κ3) is 6.28. The zero-order chi connectivity index (χ0) is 25.0. The molecule has 1 amide bonds. The van der Waals surface area contributed by atoms with Crippen molar-refractivity contribution < 1.29 is 22.2 Å². The fourth-order valence-corrected chi connectivity index (χ4v) is 4.92. The molecular formula is C26H26F3N3O2S. The Labute approximate surface area is 204 Å². The van der Waals surface area contributed by atoms with Crippen LogP contribution in [0.5, 0.6) is 0 Å². The topological polar surface area (TPSA) is 62.3 Å². The van der Waals surface area contributed by atoms with Crippen molar-refractivity contribution in [3.8, 4) is 0 Å². The molecule has 3 aromatic rings. The van der Waals surface area contributed by atoms with Gasteiger partial charge in [-0.2, -0.15) is 13.2 Å². The van der Waals surface area contributed by atoms with E-state index < -0.39 is 22.5 Å². The molecule has 1 aromatic heterocycles. The monoisotopic (exact) mass is 501 g/mol. The third-order valence-corrected chi connectivity index (χ3v) is 7.39. The average Bonchev–Trinajstić information content (AvgIpc) is 3.34. The van der Waals surface area contributed by atoms with Crippen LogP contribution in [0.3, 0.4) is 0 Å². The summed E-state index contributed by atoms with van der Waals surface area (Å²) in [7, 11) is -1.02. The van der Waals surface area contributed by atoms with E-state index in [1.165, 1.54) is 0 Å². The van der Waals surface area contributed by atoms with Gasteiger partial charge in [-0.3, -0.25) is 9.00 Å². The van der Waals surface area contributed by atoms with Crippen LogP contribution in [0.1, 0.15) is 36.0 Å². The van der Waals surface area contributed by atoms with Gasteiger partial charge in [-0.15, -0.1) is 0 Å². The van der Waals surface area contributed by atoms with Crippen molar-refractivity contribution in [3.63, 3.8) is 0 Å². The Morgan fingerprint density at radius 1 is 1.09 bits per heavy atom. The van der Waals surface area contributed by atoms with Gasteiger partial charge < -0.3 is 10.2 Å². The maximum Gasteiger partial charge on any atom is 0.416 e. The number of hydrogen-bond acceptors (Lipinski definition) is 4.